The molecule has 0 aromatic rings. The lowest BCUT2D eigenvalue weighted by Gasteiger charge is -2.17. The minimum atomic E-state index is -0.905. The van der Waals surface area contributed by atoms with Crippen molar-refractivity contribution in [2.24, 2.45) is 10.7 Å². The molecule has 72 valence electrons. The van der Waals surface area contributed by atoms with Crippen LogP contribution in [-0.4, -0.2) is 25.0 Å². The fourth-order valence-corrected chi connectivity index (χ4v) is 0.989. The summed E-state index contributed by atoms with van der Waals surface area (Å²) in [6, 6.07) is 0. The van der Waals surface area contributed by atoms with E-state index < -0.39 is 6.17 Å². The summed E-state index contributed by atoms with van der Waals surface area (Å²) in [4.78, 5) is 3.62. The molecule has 0 saturated carbocycles. The van der Waals surface area contributed by atoms with Crippen LogP contribution in [0.4, 0.5) is 4.39 Å². The summed E-state index contributed by atoms with van der Waals surface area (Å²) >= 11 is 0. The van der Waals surface area contributed by atoms with Crippen LogP contribution in [0.5, 0.6) is 0 Å². The zero-order valence-electron chi connectivity index (χ0n) is 8.18. The van der Waals surface area contributed by atoms with Gasteiger partial charge in [-0.25, -0.2) is 4.39 Å². The highest BCUT2D eigenvalue weighted by Gasteiger charge is 2.11. The molecule has 12 heavy (non-hydrogen) atoms. The van der Waals surface area contributed by atoms with E-state index in [0.717, 1.165) is 12.8 Å². The van der Waals surface area contributed by atoms with Gasteiger partial charge in [-0.1, -0.05) is 0 Å². The molecule has 0 radical (unpaired) electrons. The predicted octanol–water partition coefficient (Wildman–Crippen LogP) is 1.93. The predicted molar refractivity (Wildman–Crippen MR) is 51.4 cm³/mol. The Balaban J connectivity index is 3.43. The van der Waals surface area contributed by atoms with E-state index in [-0.39, 0.29) is 5.54 Å². The molecule has 0 saturated heterocycles. The van der Waals surface area contributed by atoms with Crippen molar-refractivity contribution >= 4 is 6.21 Å². The smallest absolute Gasteiger partial charge is 0.135 e. The van der Waals surface area contributed by atoms with Crippen molar-refractivity contribution in [2.45, 2.75) is 44.8 Å². The van der Waals surface area contributed by atoms with Crippen LogP contribution < -0.4 is 5.73 Å². The number of nitrogens with two attached hydrogens (primary N) is 1. The van der Waals surface area contributed by atoms with E-state index >= 15 is 0 Å². The van der Waals surface area contributed by atoms with Crippen LogP contribution in [0.25, 0.3) is 0 Å². The number of hydrogen-bond acceptors (Lipinski definition) is 2. The van der Waals surface area contributed by atoms with E-state index in [1.807, 2.05) is 13.8 Å². The molecular formula is C9H19FN2. The van der Waals surface area contributed by atoms with Gasteiger partial charge in [0.05, 0.1) is 0 Å². The Morgan fingerprint density at radius 1 is 1.58 bits per heavy atom. The molecule has 3 heteroatoms. The molecule has 0 aliphatic carbocycles. The molecule has 0 fully saturated rings. The van der Waals surface area contributed by atoms with E-state index in [4.69, 9.17) is 5.73 Å². The van der Waals surface area contributed by atoms with Gasteiger partial charge in [-0.05, 0) is 33.1 Å². The second kappa shape index (κ2) is 5.25. The maximum absolute atomic E-state index is 12.8. The lowest BCUT2D eigenvalue weighted by Crippen LogP contribution is -2.31. The maximum atomic E-state index is 12.8. The first-order valence-corrected chi connectivity index (χ1v) is 4.31. The summed E-state index contributed by atoms with van der Waals surface area (Å²) in [5.41, 5.74) is 5.56. The molecule has 0 amide bonds. The SMILES string of the molecule is CN=CC(F)CCCC(C)(C)N. The molecule has 0 bridgehead atoms. The van der Waals surface area contributed by atoms with E-state index in [1.54, 1.807) is 7.05 Å². The topological polar surface area (TPSA) is 38.4 Å². The fraction of sp³-hybridized carbons (Fsp3) is 0.889. The third-order valence-corrected chi connectivity index (χ3v) is 1.61. The highest BCUT2D eigenvalue weighted by Crippen LogP contribution is 2.11. The number of alkyl halides is 1. The van der Waals surface area contributed by atoms with Crippen molar-refractivity contribution < 1.29 is 4.39 Å². The fourth-order valence-electron chi connectivity index (χ4n) is 0.989. The van der Waals surface area contributed by atoms with E-state index in [2.05, 4.69) is 4.99 Å². The minimum Gasteiger partial charge on any atom is -0.326 e. The van der Waals surface area contributed by atoms with Crippen molar-refractivity contribution in [3.05, 3.63) is 0 Å². The summed E-state index contributed by atoms with van der Waals surface area (Å²) in [6.07, 6.45) is 2.63. The van der Waals surface area contributed by atoms with Gasteiger partial charge in [0.2, 0.25) is 0 Å². The Labute approximate surface area is 74.1 Å². The Kier molecular flexibility index (Phi) is 5.06. The lowest BCUT2D eigenvalue weighted by molar-refractivity contribution is 0.368. The molecule has 0 rings (SSSR count). The zero-order valence-corrected chi connectivity index (χ0v) is 8.18. The van der Waals surface area contributed by atoms with Crippen molar-refractivity contribution in [1.29, 1.82) is 0 Å². The largest absolute Gasteiger partial charge is 0.326 e. The monoisotopic (exact) mass is 174 g/mol. The van der Waals surface area contributed by atoms with E-state index in [9.17, 15) is 4.39 Å². The molecule has 0 aliphatic rings. The van der Waals surface area contributed by atoms with Gasteiger partial charge in [-0.15, -0.1) is 0 Å². The Morgan fingerprint density at radius 2 is 2.17 bits per heavy atom. The number of rotatable bonds is 5. The van der Waals surface area contributed by atoms with Gasteiger partial charge in [0.1, 0.15) is 6.17 Å². The summed E-state index contributed by atoms with van der Waals surface area (Å²) in [5, 5.41) is 0. The molecule has 1 atom stereocenters. The third-order valence-electron chi connectivity index (χ3n) is 1.61. The van der Waals surface area contributed by atoms with Crippen molar-refractivity contribution in [3.63, 3.8) is 0 Å². The number of aliphatic imine (C=N–C) groups is 1. The second-order valence-corrected chi connectivity index (χ2v) is 3.80. The quantitative estimate of drug-likeness (QED) is 0.635. The molecule has 0 aromatic carbocycles. The highest BCUT2D eigenvalue weighted by atomic mass is 19.1. The third kappa shape index (κ3) is 7.66. The number of halogens is 1. The normalized spacial score (nSPS) is 15.4. The lowest BCUT2D eigenvalue weighted by atomic mass is 9.98. The Morgan fingerprint density at radius 3 is 2.58 bits per heavy atom. The molecular weight excluding hydrogens is 155 g/mol. The molecule has 0 aliphatic heterocycles. The average Bonchev–Trinajstić information content (AvgIpc) is 1.84. The van der Waals surface area contributed by atoms with Crippen molar-refractivity contribution in [2.75, 3.05) is 7.05 Å². The van der Waals surface area contributed by atoms with Crippen LogP contribution in [0.3, 0.4) is 0 Å². The van der Waals surface area contributed by atoms with Crippen molar-refractivity contribution in [3.8, 4) is 0 Å². The van der Waals surface area contributed by atoms with Gasteiger partial charge in [0.25, 0.3) is 0 Å². The number of hydrogen-bond donors (Lipinski definition) is 1. The Hall–Kier alpha value is -0.440. The van der Waals surface area contributed by atoms with Gasteiger partial charge in [0.15, 0.2) is 0 Å². The van der Waals surface area contributed by atoms with Crippen LogP contribution in [-0.2, 0) is 0 Å². The summed E-state index contributed by atoms with van der Waals surface area (Å²) < 4.78 is 12.8. The number of nitrogens with zero attached hydrogens (tertiary/aromatic N) is 1. The minimum absolute atomic E-state index is 0.178. The summed E-state index contributed by atoms with van der Waals surface area (Å²) in [7, 11) is 1.58. The summed E-state index contributed by atoms with van der Waals surface area (Å²) in [6.45, 7) is 3.91. The van der Waals surface area contributed by atoms with Crippen LogP contribution in [0, 0.1) is 0 Å². The van der Waals surface area contributed by atoms with Gasteiger partial charge in [0, 0.05) is 18.8 Å². The maximum Gasteiger partial charge on any atom is 0.135 e. The van der Waals surface area contributed by atoms with Crippen LogP contribution in [0.15, 0.2) is 4.99 Å². The molecule has 0 aromatic heterocycles. The average molecular weight is 174 g/mol. The molecule has 2 nitrogen and oxygen atoms in total. The van der Waals surface area contributed by atoms with Gasteiger partial charge < -0.3 is 5.73 Å². The Bertz CT molecular complexity index is 138. The summed E-state index contributed by atoms with van der Waals surface area (Å²) in [5.74, 6) is 0. The molecule has 2 N–H and O–H groups in total. The zero-order chi connectivity index (χ0) is 9.61. The first-order chi connectivity index (χ1) is 5.45. The molecule has 1 unspecified atom stereocenters. The van der Waals surface area contributed by atoms with Crippen LogP contribution in [0.1, 0.15) is 33.1 Å². The second-order valence-electron chi connectivity index (χ2n) is 3.80. The van der Waals surface area contributed by atoms with Gasteiger partial charge in [-0.2, -0.15) is 0 Å². The van der Waals surface area contributed by atoms with Gasteiger partial charge in [-0.3, -0.25) is 4.99 Å². The van der Waals surface area contributed by atoms with Gasteiger partial charge >= 0.3 is 0 Å². The first kappa shape index (κ1) is 11.6. The first-order valence-electron chi connectivity index (χ1n) is 4.31. The van der Waals surface area contributed by atoms with Crippen LogP contribution >= 0.6 is 0 Å². The van der Waals surface area contributed by atoms with Crippen LogP contribution in [0.2, 0.25) is 0 Å². The van der Waals surface area contributed by atoms with E-state index in [0.29, 0.717) is 6.42 Å². The van der Waals surface area contributed by atoms with E-state index in [1.165, 1.54) is 6.21 Å². The standard InChI is InChI=1S/C9H19FN2/c1-9(2,11)6-4-5-8(10)7-12-3/h7-8H,4-6,11H2,1-3H3. The molecule has 0 heterocycles. The van der Waals surface area contributed by atoms with Crippen molar-refractivity contribution in [1.82, 2.24) is 0 Å². The molecule has 0 spiro atoms. The highest BCUT2D eigenvalue weighted by molar-refractivity contribution is 5.62.